The molecule has 1 amide bonds. The highest BCUT2D eigenvalue weighted by molar-refractivity contribution is 5.80. The Balaban J connectivity index is 1.45. The zero-order valence-corrected chi connectivity index (χ0v) is 13.1. The normalized spacial score (nSPS) is 23.9. The molecular formula is C18H21N3O2. The Morgan fingerprint density at radius 1 is 1.26 bits per heavy atom. The first kappa shape index (κ1) is 14.3. The summed E-state index contributed by atoms with van der Waals surface area (Å²) in [6.07, 6.45) is 6.67. The van der Waals surface area contributed by atoms with E-state index in [0.717, 1.165) is 43.7 Å². The maximum atomic E-state index is 12.9. The number of fused-ring (bicyclic) bond motifs is 1. The van der Waals surface area contributed by atoms with Gasteiger partial charge in [-0.15, -0.1) is 0 Å². The lowest BCUT2D eigenvalue weighted by Gasteiger charge is -2.36. The van der Waals surface area contributed by atoms with E-state index in [-0.39, 0.29) is 11.8 Å². The molecule has 1 fully saturated rings. The van der Waals surface area contributed by atoms with Crippen LogP contribution in [-0.4, -0.2) is 40.3 Å². The van der Waals surface area contributed by atoms with Gasteiger partial charge in [0.2, 0.25) is 5.91 Å². The molecule has 1 saturated heterocycles. The van der Waals surface area contributed by atoms with E-state index in [0.29, 0.717) is 12.6 Å². The molecule has 2 aliphatic rings. The van der Waals surface area contributed by atoms with E-state index in [2.05, 4.69) is 11.2 Å². The van der Waals surface area contributed by atoms with Gasteiger partial charge in [0.25, 0.3) is 0 Å². The molecule has 0 radical (unpaired) electrons. The third-order valence-corrected chi connectivity index (χ3v) is 4.84. The van der Waals surface area contributed by atoms with Crippen molar-refractivity contribution >= 4 is 5.91 Å². The number of ether oxygens (including phenoxy) is 1. The maximum Gasteiger partial charge on any atom is 0.229 e. The molecule has 0 bridgehead atoms. The molecule has 0 spiro atoms. The van der Waals surface area contributed by atoms with Crippen LogP contribution in [0.4, 0.5) is 0 Å². The lowest BCUT2D eigenvalue weighted by Crippen LogP contribution is -2.46. The Kier molecular flexibility index (Phi) is 3.77. The van der Waals surface area contributed by atoms with E-state index >= 15 is 0 Å². The maximum absolute atomic E-state index is 12.9. The predicted octanol–water partition coefficient (Wildman–Crippen LogP) is 2.30. The molecule has 3 heterocycles. The number of piperidine rings is 1. The first-order chi connectivity index (χ1) is 11.3. The number of carbonyl (C=O) groups is 1. The Bertz CT molecular complexity index is 683. The number of amides is 1. The van der Waals surface area contributed by atoms with Crippen LogP contribution in [0.3, 0.4) is 0 Å². The van der Waals surface area contributed by atoms with Crippen molar-refractivity contribution in [2.75, 3.05) is 19.7 Å². The molecule has 2 aromatic rings. The highest BCUT2D eigenvalue weighted by Gasteiger charge is 2.32. The van der Waals surface area contributed by atoms with Crippen LogP contribution in [0.15, 0.2) is 42.7 Å². The molecule has 0 N–H and O–H groups in total. The van der Waals surface area contributed by atoms with Gasteiger partial charge in [0, 0.05) is 25.5 Å². The van der Waals surface area contributed by atoms with Crippen LogP contribution in [0.2, 0.25) is 0 Å². The van der Waals surface area contributed by atoms with Crippen molar-refractivity contribution in [1.29, 1.82) is 0 Å². The molecule has 0 aliphatic carbocycles. The smallest absolute Gasteiger partial charge is 0.229 e. The van der Waals surface area contributed by atoms with Crippen LogP contribution < -0.4 is 4.74 Å². The minimum Gasteiger partial charge on any atom is -0.492 e. The van der Waals surface area contributed by atoms with Crippen molar-refractivity contribution in [3.05, 3.63) is 48.3 Å². The number of hydrogen-bond acceptors (Lipinski definition) is 3. The summed E-state index contributed by atoms with van der Waals surface area (Å²) >= 11 is 0. The number of likely N-dealkylation sites (tertiary alicyclic amines) is 1. The van der Waals surface area contributed by atoms with E-state index in [1.54, 1.807) is 6.20 Å². The molecule has 1 aromatic heterocycles. The second-order valence-electron chi connectivity index (χ2n) is 6.39. The molecule has 0 saturated carbocycles. The van der Waals surface area contributed by atoms with Crippen LogP contribution >= 0.6 is 0 Å². The van der Waals surface area contributed by atoms with Crippen LogP contribution in [0.25, 0.3) is 0 Å². The number of hydrogen-bond donors (Lipinski definition) is 0. The fourth-order valence-corrected chi connectivity index (χ4v) is 3.61. The van der Waals surface area contributed by atoms with Crippen LogP contribution in [0.1, 0.15) is 24.4 Å². The van der Waals surface area contributed by atoms with Crippen LogP contribution in [0, 0.1) is 5.92 Å². The lowest BCUT2D eigenvalue weighted by molar-refractivity contribution is -0.138. The highest BCUT2D eigenvalue weighted by atomic mass is 16.5. The number of aromatic nitrogens is 2. The van der Waals surface area contributed by atoms with E-state index in [4.69, 9.17) is 4.74 Å². The minimum atomic E-state index is -0.0683. The van der Waals surface area contributed by atoms with Crippen molar-refractivity contribution in [2.24, 2.45) is 5.92 Å². The molecule has 4 rings (SSSR count). The van der Waals surface area contributed by atoms with Gasteiger partial charge in [0.15, 0.2) is 0 Å². The number of para-hydroxylation sites is 1. The summed E-state index contributed by atoms with van der Waals surface area (Å²) in [7, 11) is 0. The Hall–Kier alpha value is -2.30. The Labute approximate surface area is 135 Å². The van der Waals surface area contributed by atoms with Gasteiger partial charge in [-0.2, -0.15) is 5.10 Å². The van der Waals surface area contributed by atoms with Gasteiger partial charge in [-0.1, -0.05) is 18.2 Å². The first-order valence-corrected chi connectivity index (χ1v) is 8.30. The Morgan fingerprint density at radius 3 is 3.04 bits per heavy atom. The minimum absolute atomic E-state index is 0.0683. The monoisotopic (exact) mass is 311 g/mol. The molecule has 2 atom stereocenters. The van der Waals surface area contributed by atoms with Gasteiger partial charge < -0.3 is 9.64 Å². The molecule has 120 valence electrons. The van der Waals surface area contributed by atoms with Crippen molar-refractivity contribution in [3.63, 3.8) is 0 Å². The molecular weight excluding hydrogens is 290 g/mol. The van der Waals surface area contributed by atoms with Crippen molar-refractivity contribution in [3.8, 4) is 5.75 Å². The van der Waals surface area contributed by atoms with Gasteiger partial charge >= 0.3 is 0 Å². The molecule has 2 aliphatic heterocycles. The average Bonchev–Trinajstić information content (AvgIpc) is 3.15. The first-order valence-electron chi connectivity index (χ1n) is 8.30. The van der Waals surface area contributed by atoms with Crippen molar-refractivity contribution in [2.45, 2.75) is 25.3 Å². The molecule has 5 nitrogen and oxygen atoms in total. The van der Waals surface area contributed by atoms with E-state index in [1.165, 1.54) is 0 Å². The molecule has 0 unspecified atom stereocenters. The predicted molar refractivity (Wildman–Crippen MR) is 86.2 cm³/mol. The van der Waals surface area contributed by atoms with E-state index in [1.807, 2.05) is 40.0 Å². The summed E-state index contributed by atoms with van der Waals surface area (Å²) in [5.41, 5.74) is 1.14. The second kappa shape index (κ2) is 6.07. The topological polar surface area (TPSA) is 47.4 Å². The third-order valence-electron chi connectivity index (χ3n) is 4.84. The zero-order chi connectivity index (χ0) is 15.6. The van der Waals surface area contributed by atoms with Crippen molar-refractivity contribution < 1.29 is 9.53 Å². The number of rotatable bonds is 2. The van der Waals surface area contributed by atoms with Gasteiger partial charge in [-0.05, 0) is 37.0 Å². The number of benzene rings is 1. The molecule has 5 heteroatoms. The fraction of sp³-hybridized carbons (Fsp3) is 0.444. The Morgan fingerprint density at radius 2 is 2.17 bits per heavy atom. The standard InChI is InChI=1S/C18H21N3O2/c22-18(15-11-14-5-1-2-7-17(14)23-13-15)20-9-3-6-16(12-20)21-10-4-8-19-21/h1-2,4-5,7-8,10,15-16H,3,6,9,11-13H2/t15-,16-/m1/s1. The lowest BCUT2D eigenvalue weighted by atomic mass is 9.94. The zero-order valence-electron chi connectivity index (χ0n) is 13.1. The third kappa shape index (κ3) is 2.83. The average molecular weight is 311 g/mol. The fourth-order valence-electron chi connectivity index (χ4n) is 3.61. The summed E-state index contributed by atoms with van der Waals surface area (Å²) < 4.78 is 7.76. The largest absolute Gasteiger partial charge is 0.492 e. The molecule has 23 heavy (non-hydrogen) atoms. The quantitative estimate of drug-likeness (QED) is 0.855. The van der Waals surface area contributed by atoms with E-state index < -0.39 is 0 Å². The number of carbonyl (C=O) groups excluding carboxylic acids is 1. The summed E-state index contributed by atoms with van der Waals surface area (Å²) in [5.74, 6) is 1.07. The number of nitrogens with zero attached hydrogens (tertiary/aromatic N) is 3. The van der Waals surface area contributed by atoms with E-state index in [9.17, 15) is 4.79 Å². The summed E-state index contributed by atoms with van der Waals surface area (Å²) in [4.78, 5) is 14.9. The van der Waals surface area contributed by atoms with Gasteiger partial charge in [-0.3, -0.25) is 9.48 Å². The summed E-state index contributed by atoms with van der Waals surface area (Å²) in [6, 6.07) is 10.2. The summed E-state index contributed by atoms with van der Waals surface area (Å²) in [5, 5.41) is 4.33. The van der Waals surface area contributed by atoms with Crippen LogP contribution in [-0.2, 0) is 11.2 Å². The second-order valence-corrected chi connectivity index (χ2v) is 6.39. The van der Waals surface area contributed by atoms with Gasteiger partial charge in [-0.25, -0.2) is 0 Å². The van der Waals surface area contributed by atoms with Gasteiger partial charge in [0.1, 0.15) is 12.4 Å². The van der Waals surface area contributed by atoms with Gasteiger partial charge in [0.05, 0.1) is 12.0 Å². The highest BCUT2D eigenvalue weighted by Crippen LogP contribution is 2.29. The SMILES string of the molecule is O=C([C@H]1COc2ccccc2C1)N1CCC[C@@H](n2cccn2)C1. The molecule has 1 aromatic carbocycles. The van der Waals surface area contributed by atoms with Crippen LogP contribution in [0.5, 0.6) is 5.75 Å². The summed E-state index contributed by atoms with van der Waals surface area (Å²) in [6.45, 7) is 2.08. The van der Waals surface area contributed by atoms with Crippen molar-refractivity contribution in [1.82, 2.24) is 14.7 Å².